The second-order valence-corrected chi connectivity index (χ2v) is 7.75. The van der Waals surface area contributed by atoms with E-state index < -0.39 is 0 Å². The van der Waals surface area contributed by atoms with Gasteiger partial charge in [-0.2, -0.15) is 0 Å². The van der Waals surface area contributed by atoms with E-state index in [0.717, 1.165) is 51.5 Å². The number of carbonyl (C=O) groups excluding carboxylic acids is 1. The highest BCUT2D eigenvalue weighted by Crippen LogP contribution is 2.31. The summed E-state index contributed by atoms with van der Waals surface area (Å²) in [5.74, 6) is 1.26. The fourth-order valence-corrected chi connectivity index (χ4v) is 4.14. The van der Waals surface area contributed by atoms with E-state index in [1.54, 1.807) is 12.1 Å². The summed E-state index contributed by atoms with van der Waals surface area (Å²) in [6.07, 6.45) is 8.58. The summed E-state index contributed by atoms with van der Waals surface area (Å²) in [5.41, 5.74) is -0.0682. The molecule has 0 radical (unpaired) electrons. The second kappa shape index (κ2) is 9.96. The molecule has 1 saturated heterocycles. The number of amides is 1. The van der Waals surface area contributed by atoms with Gasteiger partial charge in [0.05, 0.1) is 11.9 Å². The highest BCUT2D eigenvalue weighted by Gasteiger charge is 2.34. The highest BCUT2D eigenvalue weighted by molar-refractivity contribution is 5.91. The normalized spacial score (nSPS) is 20.3. The first-order valence-electron chi connectivity index (χ1n) is 10.6. The van der Waals surface area contributed by atoms with Gasteiger partial charge in [0.1, 0.15) is 0 Å². The minimum Gasteiger partial charge on any atom is -0.459 e. The van der Waals surface area contributed by atoms with Crippen molar-refractivity contribution in [3.8, 4) is 0 Å². The predicted molar refractivity (Wildman–Crippen MR) is 110 cm³/mol. The maximum atomic E-state index is 12.4. The summed E-state index contributed by atoms with van der Waals surface area (Å²) in [7, 11) is 1.82. The lowest BCUT2D eigenvalue weighted by Gasteiger charge is -2.40. The van der Waals surface area contributed by atoms with E-state index in [9.17, 15) is 4.79 Å². The van der Waals surface area contributed by atoms with Crippen molar-refractivity contribution in [1.29, 1.82) is 0 Å². The molecule has 156 valence electrons. The van der Waals surface area contributed by atoms with Crippen LogP contribution in [0.25, 0.3) is 0 Å². The minimum absolute atomic E-state index is 0.0401. The van der Waals surface area contributed by atoms with Gasteiger partial charge in [0, 0.05) is 46.4 Å². The van der Waals surface area contributed by atoms with Crippen molar-refractivity contribution in [2.24, 2.45) is 4.99 Å². The van der Waals surface area contributed by atoms with Gasteiger partial charge in [-0.05, 0) is 31.4 Å². The van der Waals surface area contributed by atoms with Crippen LogP contribution in [0.4, 0.5) is 0 Å². The topological polar surface area (TPSA) is 70.3 Å². The molecule has 28 heavy (non-hydrogen) atoms. The Labute approximate surface area is 168 Å². The molecule has 0 aromatic carbocycles. The Kier molecular flexibility index (Phi) is 7.36. The fraction of sp³-hybridized carbons (Fsp3) is 0.714. The first kappa shape index (κ1) is 20.7. The van der Waals surface area contributed by atoms with Crippen LogP contribution in [0.5, 0.6) is 0 Å². The number of hydrogen-bond acceptors (Lipinski definition) is 4. The number of aliphatic imine (C=N–C) groups is 1. The van der Waals surface area contributed by atoms with Crippen molar-refractivity contribution < 1.29 is 13.9 Å². The van der Waals surface area contributed by atoms with E-state index in [4.69, 9.17) is 9.15 Å². The average Bonchev–Trinajstić information content (AvgIpc) is 3.28. The van der Waals surface area contributed by atoms with Crippen LogP contribution in [-0.2, 0) is 4.74 Å². The molecule has 1 aliphatic carbocycles. The Morgan fingerprint density at radius 2 is 1.93 bits per heavy atom. The third-order valence-electron chi connectivity index (χ3n) is 5.76. The van der Waals surface area contributed by atoms with Gasteiger partial charge >= 0.3 is 0 Å². The Hall–Kier alpha value is -2.02. The molecule has 0 atom stereocenters. The molecule has 7 heteroatoms. The van der Waals surface area contributed by atoms with Crippen LogP contribution in [0, 0.1) is 0 Å². The lowest BCUT2D eigenvalue weighted by atomic mass is 9.84. The summed E-state index contributed by atoms with van der Waals surface area (Å²) >= 11 is 0. The lowest BCUT2D eigenvalue weighted by Crippen LogP contribution is -2.56. The summed E-state index contributed by atoms with van der Waals surface area (Å²) in [4.78, 5) is 21.0. The molecule has 0 unspecified atom stereocenters. The highest BCUT2D eigenvalue weighted by atomic mass is 16.5. The number of furan rings is 1. The van der Waals surface area contributed by atoms with Crippen LogP contribution in [0.2, 0.25) is 0 Å². The number of nitrogens with one attached hydrogen (secondary N) is 1. The molecule has 2 fully saturated rings. The van der Waals surface area contributed by atoms with Crippen molar-refractivity contribution in [1.82, 2.24) is 15.1 Å². The molecule has 1 saturated carbocycles. The quantitative estimate of drug-likeness (QED) is 0.597. The van der Waals surface area contributed by atoms with Crippen molar-refractivity contribution >= 4 is 11.9 Å². The van der Waals surface area contributed by atoms with Crippen LogP contribution in [0.1, 0.15) is 56.0 Å². The zero-order chi connectivity index (χ0) is 19.8. The lowest BCUT2D eigenvalue weighted by molar-refractivity contribution is -0.0660. The molecule has 1 N–H and O–H groups in total. The number of hydrogen-bond donors (Lipinski definition) is 1. The van der Waals surface area contributed by atoms with E-state index in [1.807, 2.05) is 11.9 Å². The first-order chi connectivity index (χ1) is 13.7. The van der Waals surface area contributed by atoms with Gasteiger partial charge < -0.3 is 24.3 Å². The number of ether oxygens (including phenoxy) is 1. The van der Waals surface area contributed by atoms with Crippen molar-refractivity contribution in [3.05, 3.63) is 24.2 Å². The van der Waals surface area contributed by atoms with Gasteiger partial charge in [-0.3, -0.25) is 9.79 Å². The van der Waals surface area contributed by atoms with Crippen molar-refractivity contribution in [2.75, 3.05) is 46.4 Å². The monoisotopic (exact) mass is 390 g/mol. The standard InChI is InChI=1S/C21H34N4O3/c1-3-15-28-21(9-5-4-6-10-21)17-23-20(22-2)25-13-11-24(12-14-25)19(26)18-8-7-16-27-18/h7-8,16H,3-6,9-15,17H2,1-2H3,(H,22,23). The maximum Gasteiger partial charge on any atom is 0.289 e. The minimum atomic E-state index is -0.0682. The summed E-state index contributed by atoms with van der Waals surface area (Å²) < 4.78 is 11.5. The second-order valence-electron chi connectivity index (χ2n) is 7.75. The predicted octanol–water partition coefficient (Wildman–Crippen LogP) is 2.74. The molecule has 3 rings (SSSR count). The van der Waals surface area contributed by atoms with Gasteiger partial charge in [-0.15, -0.1) is 0 Å². The van der Waals surface area contributed by atoms with Gasteiger partial charge in [0.25, 0.3) is 5.91 Å². The Bertz CT molecular complexity index is 630. The molecule has 1 aromatic heterocycles. The fourth-order valence-electron chi connectivity index (χ4n) is 4.14. The van der Waals surface area contributed by atoms with Gasteiger partial charge in [-0.1, -0.05) is 26.2 Å². The molecule has 2 heterocycles. The Balaban J connectivity index is 1.52. The van der Waals surface area contributed by atoms with E-state index in [2.05, 4.69) is 22.1 Å². The van der Waals surface area contributed by atoms with E-state index in [0.29, 0.717) is 18.8 Å². The Morgan fingerprint density at radius 3 is 2.54 bits per heavy atom. The summed E-state index contributed by atoms with van der Waals surface area (Å²) in [5, 5.41) is 3.56. The van der Waals surface area contributed by atoms with Crippen molar-refractivity contribution in [3.63, 3.8) is 0 Å². The first-order valence-corrected chi connectivity index (χ1v) is 10.6. The molecule has 0 bridgehead atoms. The SMILES string of the molecule is CCCOC1(CNC(=NC)N2CCN(C(=O)c3ccco3)CC2)CCCCC1. The molecular formula is C21H34N4O3. The van der Waals surface area contributed by atoms with Gasteiger partial charge in [0.2, 0.25) is 0 Å². The van der Waals surface area contributed by atoms with Crippen LogP contribution in [0.3, 0.4) is 0 Å². The number of piperazine rings is 1. The zero-order valence-electron chi connectivity index (χ0n) is 17.3. The van der Waals surface area contributed by atoms with Crippen LogP contribution in [-0.4, -0.2) is 73.6 Å². The number of rotatable bonds is 6. The van der Waals surface area contributed by atoms with E-state index in [1.165, 1.54) is 25.5 Å². The van der Waals surface area contributed by atoms with Crippen LogP contribution in [0.15, 0.2) is 27.8 Å². The maximum absolute atomic E-state index is 12.4. The molecule has 2 aliphatic rings. The van der Waals surface area contributed by atoms with Gasteiger partial charge in [-0.25, -0.2) is 0 Å². The molecule has 1 aliphatic heterocycles. The summed E-state index contributed by atoms with van der Waals surface area (Å²) in [6.45, 7) is 6.62. The zero-order valence-corrected chi connectivity index (χ0v) is 17.3. The number of nitrogens with zero attached hydrogens (tertiary/aromatic N) is 3. The largest absolute Gasteiger partial charge is 0.459 e. The molecular weight excluding hydrogens is 356 g/mol. The molecule has 0 spiro atoms. The Morgan fingerprint density at radius 1 is 1.21 bits per heavy atom. The van der Waals surface area contributed by atoms with E-state index >= 15 is 0 Å². The molecule has 7 nitrogen and oxygen atoms in total. The summed E-state index contributed by atoms with van der Waals surface area (Å²) in [6, 6.07) is 3.46. The van der Waals surface area contributed by atoms with Crippen LogP contribution < -0.4 is 5.32 Å². The van der Waals surface area contributed by atoms with Crippen molar-refractivity contribution in [2.45, 2.75) is 51.0 Å². The van der Waals surface area contributed by atoms with Gasteiger partial charge in [0.15, 0.2) is 11.7 Å². The third kappa shape index (κ3) is 5.07. The molecule has 1 amide bonds. The van der Waals surface area contributed by atoms with Crippen LogP contribution >= 0.6 is 0 Å². The van der Waals surface area contributed by atoms with E-state index in [-0.39, 0.29) is 11.5 Å². The smallest absolute Gasteiger partial charge is 0.289 e. The molecule has 1 aromatic rings. The third-order valence-corrected chi connectivity index (χ3v) is 5.76. The number of carbonyl (C=O) groups is 1. The average molecular weight is 391 g/mol. The number of guanidine groups is 1.